The molecule has 0 aliphatic carbocycles. The number of aryl methyl sites for hydroxylation is 1. The zero-order valence-electron chi connectivity index (χ0n) is 10.3. The number of rotatable bonds is 3. The second-order valence-electron chi connectivity index (χ2n) is 4.65. The van der Waals surface area contributed by atoms with Crippen LogP contribution in [-0.2, 0) is 6.42 Å². The van der Waals surface area contributed by atoms with E-state index in [1.54, 1.807) is 0 Å². The lowest BCUT2D eigenvalue weighted by molar-refractivity contribution is 0.759. The van der Waals surface area contributed by atoms with Gasteiger partial charge in [-0.1, -0.05) is 60.5 Å². The molecule has 0 fully saturated rings. The first-order chi connectivity index (χ1) is 8.15. The van der Waals surface area contributed by atoms with Crippen molar-refractivity contribution in [3.8, 4) is 0 Å². The van der Waals surface area contributed by atoms with Crippen molar-refractivity contribution in [2.45, 2.75) is 26.2 Å². The van der Waals surface area contributed by atoms with Gasteiger partial charge in [0.1, 0.15) is 0 Å². The summed E-state index contributed by atoms with van der Waals surface area (Å²) in [7, 11) is 0. The highest BCUT2D eigenvalue weighted by atomic mass is 35.5. The van der Waals surface area contributed by atoms with Crippen LogP contribution in [0.3, 0.4) is 0 Å². The summed E-state index contributed by atoms with van der Waals surface area (Å²) in [6.45, 7) is 4.38. The summed E-state index contributed by atoms with van der Waals surface area (Å²) in [6.07, 6.45) is 1.06. The van der Waals surface area contributed by atoms with Gasteiger partial charge in [0.05, 0.1) is 0 Å². The van der Waals surface area contributed by atoms with E-state index >= 15 is 0 Å². The molecule has 0 nitrogen and oxygen atoms in total. The van der Waals surface area contributed by atoms with Crippen molar-refractivity contribution >= 4 is 11.6 Å². The molecular weight excluding hydrogens is 228 g/mol. The maximum absolute atomic E-state index is 6.02. The minimum absolute atomic E-state index is 0.496. The lowest BCUT2D eigenvalue weighted by Gasteiger charge is -2.12. The normalized spacial score (nSPS) is 12.4. The van der Waals surface area contributed by atoms with Crippen LogP contribution < -0.4 is 0 Å². The Morgan fingerprint density at radius 3 is 2.53 bits per heavy atom. The average Bonchev–Trinajstić information content (AvgIpc) is 2.29. The number of hydrogen-bond donors (Lipinski definition) is 0. The van der Waals surface area contributed by atoms with E-state index in [0.29, 0.717) is 5.92 Å². The van der Waals surface area contributed by atoms with E-state index in [2.05, 4.69) is 50.2 Å². The van der Waals surface area contributed by atoms with Crippen LogP contribution in [0, 0.1) is 6.92 Å². The van der Waals surface area contributed by atoms with Gasteiger partial charge in [0.2, 0.25) is 0 Å². The Morgan fingerprint density at radius 1 is 1.06 bits per heavy atom. The largest absolute Gasteiger partial charge is 0.0843 e. The molecule has 1 heteroatoms. The molecule has 1 atom stereocenters. The van der Waals surface area contributed by atoms with Crippen LogP contribution in [0.1, 0.15) is 29.5 Å². The van der Waals surface area contributed by atoms with Gasteiger partial charge < -0.3 is 0 Å². The average molecular weight is 245 g/mol. The van der Waals surface area contributed by atoms with Gasteiger partial charge in [-0.05, 0) is 42.5 Å². The molecule has 0 heterocycles. The number of hydrogen-bond acceptors (Lipinski definition) is 0. The molecule has 0 aliphatic heterocycles. The molecule has 0 saturated heterocycles. The Bertz CT molecular complexity index is 502. The Hall–Kier alpha value is -1.27. The summed E-state index contributed by atoms with van der Waals surface area (Å²) in [4.78, 5) is 0. The van der Waals surface area contributed by atoms with Crippen LogP contribution in [-0.4, -0.2) is 0 Å². The monoisotopic (exact) mass is 244 g/mol. The standard InChI is InChI=1S/C16H17Cl/c1-12-5-3-6-14(9-12)10-13(2)15-7-4-8-16(17)11-15/h3-9,11,13H,10H2,1-2H3. The van der Waals surface area contributed by atoms with Gasteiger partial charge in [0.15, 0.2) is 0 Å². The molecule has 88 valence electrons. The Labute approximate surface area is 108 Å². The molecule has 0 bridgehead atoms. The van der Waals surface area contributed by atoms with Crippen LogP contribution in [0.25, 0.3) is 0 Å². The van der Waals surface area contributed by atoms with Crippen molar-refractivity contribution in [2.75, 3.05) is 0 Å². The van der Waals surface area contributed by atoms with E-state index in [1.807, 2.05) is 12.1 Å². The lowest BCUT2D eigenvalue weighted by atomic mass is 9.93. The van der Waals surface area contributed by atoms with Gasteiger partial charge in [-0.2, -0.15) is 0 Å². The smallest absolute Gasteiger partial charge is 0.0408 e. The van der Waals surface area contributed by atoms with Crippen molar-refractivity contribution < 1.29 is 0 Å². The summed E-state index contributed by atoms with van der Waals surface area (Å²) < 4.78 is 0. The molecule has 0 N–H and O–H groups in total. The molecule has 0 saturated carbocycles. The fraction of sp³-hybridized carbons (Fsp3) is 0.250. The molecule has 2 rings (SSSR count). The third-order valence-electron chi connectivity index (χ3n) is 3.04. The summed E-state index contributed by atoms with van der Waals surface area (Å²) in [5.41, 5.74) is 4.01. The van der Waals surface area contributed by atoms with Crippen LogP contribution in [0.2, 0.25) is 5.02 Å². The summed E-state index contributed by atoms with van der Waals surface area (Å²) >= 11 is 6.02. The van der Waals surface area contributed by atoms with E-state index in [4.69, 9.17) is 11.6 Å². The van der Waals surface area contributed by atoms with E-state index in [1.165, 1.54) is 16.7 Å². The molecular formula is C16H17Cl. The van der Waals surface area contributed by atoms with Crippen molar-refractivity contribution in [1.29, 1.82) is 0 Å². The highest BCUT2D eigenvalue weighted by Gasteiger charge is 2.07. The molecule has 0 aromatic heterocycles. The fourth-order valence-corrected chi connectivity index (χ4v) is 2.32. The third kappa shape index (κ3) is 3.34. The second-order valence-corrected chi connectivity index (χ2v) is 5.09. The van der Waals surface area contributed by atoms with E-state index in [9.17, 15) is 0 Å². The van der Waals surface area contributed by atoms with Crippen LogP contribution in [0.5, 0.6) is 0 Å². The Morgan fingerprint density at radius 2 is 1.82 bits per heavy atom. The highest BCUT2D eigenvalue weighted by molar-refractivity contribution is 6.30. The topological polar surface area (TPSA) is 0 Å². The molecule has 0 radical (unpaired) electrons. The summed E-state index contributed by atoms with van der Waals surface area (Å²) in [5, 5.41) is 0.818. The van der Waals surface area contributed by atoms with E-state index < -0.39 is 0 Å². The van der Waals surface area contributed by atoms with Crippen LogP contribution in [0.4, 0.5) is 0 Å². The summed E-state index contributed by atoms with van der Waals surface area (Å²) in [6, 6.07) is 16.8. The van der Waals surface area contributed by atoms with Crippen LogP contribution in [0.15, 0.2) is 48.5 Å². The zero-order chi connectivity index (χ0) is 12.3. The predicted molar refractivity (Wildman–Crippen MR) is 74.8 cm³/mol. The SMILES string of the molecule is Cc1cccc(CC(C)c2cccc(Cl)c2)c1. The molecule has 2 aromatic carbocycles. The predicted octanol–water partition coefficient (Wildman–Crippen LogP) is 4.99. The quantitative estimate of drug-likeness (QED) is 0.713. The minimum atomic E-state index is 0.496. The molecule has 1 unspecified atom stereocenters. The lowest BCUT2D eigenvalue weighted by Crippen LogP contribution is -1.98. The first-order valence-electron chi connectivity index (χ1n) is 5.96. The third-order valence-corrected chi connectivity index (χ3v) is 3.28. The first-order valence-corrected chi connectivity index (χ1v) is 6.34. The van der Waals surface area contributed by atoms with Crippen molar-refractivity contribution in [1.82, 2.24) is 0 Å². The van der Waals surface area contributed by atoms with E-state index in [0.717, 1.165) is 11.4 Å². The number of halogens is 1. The maximum atomic E-state index is 6.02. The molecule has 0 aliphatic rings. The molecule has 2 aromatic rings. The van der Waals surface area contributed by atoms with Crippen molar-refractivity contribution in [3.05, 3.63) is 70.2 Å². The minimum Gasteiger partial charge on any atom is -0.0843 e. The van der Waals surface area contributed by atoms with Gasteiger partial charge in [-0.15, -0.1) is 0 Å². The molecule has 0 spiro atoms. The highest BCUT2D eigenvalue weighted by Crippen LogP contribution is 2.23. The Balaban J connectivity index is 2.14. The summed E-state index contributed by atoms with van der Waals surface area (Å²) in [5.74, 6) is 0.496. The Kier molecular flexibility index (Phi) is 3.86. The zero-order valence-corrected chi connectivity index (χ0v) is 11.0. The molecule has 17 heavy (non-hydrogen) atoms. The second kappa shape index (κ2) is 5.37. The van der Waals surface area contributed by atoms with Crippen molar-refractivity contribution in [2.24, 2.45) is 0 Å². The fourth-order valence-electron chi connectivity index (χ4n) is 2.12. The van der Waals surface area contributed by atoms with Gasteiger partial charge in [0, 0.05) is 5.02 Å². The van der Waals surface area contributed by atoms with E-state index in [-0.39, 0.29) is 0 Å². The van der Waals surface area contributed by atoms with Gasteiger partial charge in [0.25, 0.3) is 0 Å². The molecule has 0 amide bonds. The number of benzene rings is 2. The van der Waals surface area contributed by atoms with Crippen LogP contribution >= 0.6 is 11.6 Å². The maximum Gasteiger partial charge on any atom is 0.0408 e. The van der Waals surface area contributed by atoms with Gasteiger partial charge in [-0.3, -0.25) is 0 Å². The first kappa shape index (κ1) is 12.2. The van der Waals surface area contributed by atoms with Crippen molar-refractivity contribution in [3.63, 3.8) is 0 Å². The van der Waals surface area contributed by atoms with Gasteiger partial charge >= 0.3 is 0 Å². The van der Waals surface area contributed by atoms with Gasteiger partial charge in [-0.25, -0.2) is 0 Å².